The zero-order valence-corrected chi connectivity index (χ0v) is 23.4. The molecule has 3 nitrogen and oxygen atoms in total. The molecule has 4 aromatic carbocycles. The topological polar surface area (TPSA) is 35.2 Å². The zero-order chi connectivity index (χ0) is 27.1. The first kappa shape index (κ1) is 24.9. The number of aryl methyl sites for hydroxylation is 5. The lowest BCUT2D eigenvalue weighted by molar-refractivity contribution is -0.356. The first-order chi connectivity index (χ1) is 18.9. The predicted octanol–water partition coefficient (Wildman–Crippen LogP) is 7.35. The van der Waals surface area contributed by atoms with Crippen LogP contribution in [0.2, 0.25) is 0 Å². The van der Waals surface area contributed by atoms with E-state index >= 15 is 0 Å². The monoisotopic (exact) mass is 511 g/mol. The molecule has 0 bridgehead atoms. The highest BCUT2D eigenvalue weighted by molar-refractivity contribution is 5.98. The van der Waals surface area contributed by atoms with E-state index in [1.54, 1.807) is 0 Å². The van der Waals surface area contributed by atoms with Crippen molar-refractivity contribution in [2.45, 2.75) is 47.1 Å². The zero-order valence-electron chi connectivity index (χ0n) is 23.4. The Balaban J connectivity index is 1.45. The fraction of sp³-hybridized carbons (Fsp3) is 0.194. The van der Waals surface area contributed by atoms with Gasteiger partial charge in [-0.25, -0.2) is 4.99 Å². The second kappa shape index (κ2) is 10.1. The van der Waals surface area contributed by atoms with E-state index in [0.717, 1.165) is 29.1 Å². The quantitative estimate of drug-likeness (QED) is 0.300. The van der Waals surface area contributed by atoms with E-state index in [1.165, 1.54) is 55.9 Å². The fourth-order valence-electron chi connectivity index (χ4n) is 5.81. The molecule has 1 heterocycles. The van der Waals surface area contributed by atoms with Gasteiger partial charge in [0, 0.05) is 45.8 Å². The molecule has 0 spiro atoms. The van der Waals surface area contributed by atoms with Gasteiger partial charge >= 0.3 is 0 Å². The third-order valence-corrected chi connectivity index (χ3v) is 7.96. The smallest absolute Gasteiger partial charge is 0.209 e. The molecule has 6 rings (SSSR count). The summed E-state index contributed by atoms with van der Waals surface area (Å²) in [4.78, 5) is 3.71. The van der Waals surface area contributed by atoms with E-state index in [2.05, 4.69) is 136 Å². The number of rotatable bonds is 4. The van der Waals surface area contributed by atoms with Crippen LogP contribution in [0.15, 0.2) is 96.6 Å². The Morgan fingerprint density at radius 3 is 2.08 bits per heavy atom. The van der Waals surface area contributed by atoms with Gasteiger partial charge in [-0.15, -0.1) is 0 Å². The first-order valence-corrected chi connectivity index (χ1v) is 13.7. The second-order valence-corrected chi connectivity index (χ2v) is 10.8. The van der Waals surface area contributed by atoms with E-state index in [4.69, 9.17) is 4.74 Å². The lowest BCUT2D eigenvalue weighted by atomic mass is 9.82. The van der Waals surface area contributed by atoms with E-state index in [-0.39, 0.29) is 6.10 Å². The standard InChI is InChI=1S/C36H34N2O/c1-22-10-6-7-15-29(22)34-30-18-16-27(37-35-23(2)11-8-12-24(35)3)20-32(30)39-33-21-28(17-19-31(33)34)38-36-25(4)13-9-14-26(36)5/h6-20,33,37H,21H2,1-5H3/p+1. The maximum Gasteiger partial charge on any atom is 0.209 e. The fourth-order valence-corrected chi connectivity index (χ4v) is 5.81. The molecule has 0 radical (unpaired) electrons. The van der Waals surface area contributed by atoms with Crippen LogP contribution < -0.4 is 15.0 Å². The molecule has 0 amide bonds. The molecular weight excluding hydrogens is 476 g/mol. The van der Waals surface area contributed by atoms with Crippen molar-refractivity contribution < 1.29 is 9.73 Å². The van der Waals surface area contributed by atoms with Gasteiger partial charge in [-0.05, 0) is 80.7 Å². The third-order valence-electron chi connectivity index (χ3n) is 7.96. The molecule has 2 N–H and O–H groups in total. The molecule has 1 aliphatic carbocycles. The summed E-state index contributed by atoms with van der Waals surface area (Å²) < 4.78 is 6.78. The number of benzene rings is 4. The van der Waals surface area contributed by atoms with Gasteiger partial charge in [0.2, 0.25) is 5.69 Å². The van der Waals surface area contributed by atoms with Crippen LogP contribution >= 0.6 is 0 Å². The van der Waals surface area contributed by atoms with Gasteiger partial charge in [-0.2, -0.15) is 0 Å². The molecule has 39 heavy (non-hydrogen) atoms. The number of nitrogens with one attached hydrogen (secondary N) is 2. The molecule has 1 unspecified atom stereocenters. The van der Waals surface area contributed by atoms with Crippen molar-refractivity contribution in [2.24, 2.45) is 0 Å². The SMILES string of the molecule is Cc1ccccc1C1=C2C=CC(=[NH+]c3c(C)cccc3C)CC2Oc2cc(Nc3c(C)cccc3C)ccc21. The van der Waals surface area contributed by atoms with Crippen molar-refractivity contribution in [3.63, 3.8) is 0 Å². The molecule has 1 atom stereocenters. The summed E-state index contributed by atoms with van der Waals surface area (Å²) in [6, 6.07) is 28.0. The molecule has 3 heteroatoms. The Kier molecular flexibility index (Phi) is 6.44. The number of ether oxygens (including phenoxy) is 1. The molecular formula is C36H35N2O+. The predicted molar refractivity (Wildman–Crippen MR) is 163 cm³/mol. The summed E-state index contributed by atoms with van der Waals surface area (Å²) in [6.45, 7) is 10.8. The Hall–Kier alpha value is -4.37. The molecule has 4 aromatic rings. The maximum atomic E-state index is 6.78. The van der Waals surface area contributed by atoms with Crippen molar-refractivity contribution in [1.29, 1.82) is 0 Å². The van der Waals surface area contributed by atoms with Crippen LogP contribution in [-0.2, 0) is 0 Å². The molecule has 0 fully saturated rings. The number of hydrogen-bond donors (Lipinski definition) is 2. The molecule has 0 saturated heterocycles. The number of hydrogen-bond acceptors (Lipinski definition) is 2. The van der Waals surface area contributed by atoms with Gasteiger partial charge in [0.15, 0.2) is 5.71 Å². The minimum atomic E-state index is -0.0700. The molecule has 0 saturated carbocycles. The van der Waals surface area contributed by atoms with Gasteiger partial charge in [0.05, 0.1) is 6.42 Å². The number of anilines is 2. The van der Waals surface area contributed by atoms with Gasteiger partial charge in [0.25, 0.3) is 0 Å². The Labute approximate surface area is 231 Å². The van der Waals surface area contributed by atoms with E-state index in [0.29, 0.717) is 0 Å². The molecule has 194 valence electrons. The summed E-state index contributed by atoms with van der Waals surface area (Å²) in [5.74, 6) is 0.917. The van der Waals surface area contributed by atoms with Gasteiger partial charge < -0.3 is 10.1 Å². The largest absolute Gasteiger partial charge is 0.484 e. The maximum absolute atomic E-state index is 6.78. The first-order valence-electron chi connectivity index (χ1n) is 13.7. The number of allylic oxidation sites excluding steroid dienone is 1. The van der Waals surface area contributed by atoms with Crippen LogP contribution in [0, 0.1) is 34.6 Å². The van der Waals surface area contributed by atoms with Crippen molar-refractivity contribution in [1.82, 2.24) is 0 Å². The van der Waals surface area contributed by atoms with Crippen LogP contribution in [0.25, 0.3) is 5.57 Å². The van der Waals surface area contributed by atoms with Crippen molar-refractivity contribution in [3.05, 3.63) is 136 Å². The van der Waals surface area contributed by atoms with E-state index in [1.807, 2.05) is 0 Å². The molecule has 1 aliphatic heterocycles. The Morgan fingerprint density at radius 2 is 1.36 bits per heavy atom. The third kappa shape index (κ3) is 4.70. The second-order valence-electron chi connectivity index (χ2n) is 10.8. The lowest BCUT2D eigenvalue weighted by Gasteiger charge is -2.32. The summed E-state index contributed by atoms with van der Waals surface area (Å²) in [6.07, 6.45) is 5.18. The average Bonchev–Trinajstić information content (AvgIpc) is 2.92. The normalized spacial score (nSPS) is 17.1. The van der Waals surface area contributed by atoms with E-state index < -0.39 is 0 Å². The molecule has 2 aliphatic rings. The summed E-state index contributed by atoms with van der Waals surface area (Å²) >= 11 is 0. The van der Waals surface area contributed by atoms with Crippen LogP contribution in [0.3, 0.4) is 0 Å². The lowest BCUT2D eigenvalue weighted by Crippen LogP contribution is -2.67. The highest BCUT2D eigenvalue weighted by atomic mass is 16.5. The van der Waals surface area contributed by atoms with Crippen molar-refractivity contribution >= 4 is 28.3 Å². The summed E-state index contributed by atoms with van der Waals surface area (Å²) in [5.41, 5.74) is 15.6. The van der Waals surface area contributed by atoms with Gasteiger partial charge in [0.1, 0.15) is 11.9 Å². The van der Waals surface area contributed by atoms with Gasteiger partial charge in [-0.3, -0.25) is 0 Å². The molecule has 0 aromatic heterocycles. The minimum Gasteiger partial charge on any atom is -0.484 e. The summed E-state index contributed by atoms with van der Waals surface area (Å²) in [5, 5.41) is 3.65. The van der Waals surface area contributed by atoms with E-state index in [9.17, 15) is 0 Å². The summed E-state index contributed by atoms with van der Waals surface area (Å²) in [7, 11) is 0. The van der Waals surface area contributed by atoms with Crippen LogP contribution in [-0.4, -0.2) is 11.8 Å². The highest BCUT2D eigenvalue weighted by Crippen LogP contribution is 2.44. The number of para-hydroxylation sites is 2. The Bertz CT molecular complexity index is 1650. The highest BCUT2D eigenvalue weighted by Gasteiger charge is 2.33. The van der Waals surface area contributed by atoms with Crippen LogP contribution in [0.1, 0.15) is 45.4 Å². The van der Waals surface area contributed by atoms with Crippen LogP contribution in [0.5, 0.6) is 5.75 Å². The van der Waals surface area contributed by atoms with Crippen LogP contribution in [0.4, 0.5) is 17.1 Å². The van der Waals surface area contributed by atoms with Crippen molar-refractivity contribution in [3.8, 4) is 5.75 Å². The minimum absolute atomic E-state index is 0.0700. The number of fused-ring (bicyclic) bond motifs is 2. The van der Waals surface area contributed by atoms with Gasteiger partial charge in [-0.1, -0.05) is 60.7 Å². The van der Waals surface area contributed by atoms with Crippen molar-refractivity contribution in [2.75, 3.05) is 5.32 Å². The Morgan fingerprint density at radius 1 is 0.692 bits per heavy atom. The average molecular weight is 512 g/mol.